The number of nitrogens with zero attached hydrogens (tertiary/aromatic N) is 3. The number of halogens is 7. The van der Waals surface area contributed by atoms with Crippen LogP contribution in [0.1, 0.15) is 37.7 Å². The highest BCUT2D eigenvalue weighted by atomic mass is 19.4. The quantitative estimate of drug-likeness (QED) is 0.302. The second-order valence-corrected chi connectivity index (χ2v) is 8.71. The van der Waals surface area contributed by atoms with Gasteiger partial charge in [0.15, 0.2) is 0 Å². The minimum atomic E-state index is -4.91. The summed E-state index contributed by atoms with van der Waals surface area (Å²) in [6, 6.07) is 5.14. The summed E-state index contributed by atoms with van der Waals surface area (Å²) in [6.07, 6.45) is -13.3. The van der Waals surface area contributed by atoms with Crippen LogP contribution in [0.15, 0.2) is 30.3 Å². The molecule has 2 aromatic carbocycles. The second kappa shape index (κ2) is 6.25. The summed E-state index contributed by atoms with van der Waals surface area (Å²) in [5, 5.41) is 0.281. The molecule has 0 bridgehead atoms. The number of imidazole rings is 1. The summed E-state index contributed by atoms with van der Waals surface area (Å²) in [5.41, 5.74) is -2.40. The van der Waals surface area contributed by atoms with Crippen molar-refractivity contribution in [3.05, 3.63) is 47.3 Å². The zero-order chi connectivity index (χ0) is 24.1. The Kier molecular flexibility index (Phi) is 4.10. The van der Waals surface area contributed by atoms with Gasteiger partial charge in [0.25, 0.3) is 0 Å². The monoisotopic (exact) mass is 473 g/mol. The number of aromatic nitrogens is 3. The van der Waals surface area contributed by atoms with Crippen molar-refractivity contribution < 1.29 is 40.2 Å². The molecule has 0 saturated carbocycles. The molecule has 0 N–H and O–H groups in total. The number of ether oxygens (including phenoxy) is 2. The summed E-state index contributed by atoms with van der Waals surface area (Å²) >= 11 is 0. The maximum Gasteiger partial charge on any atom is 0.573 e. The zero-order valence-electron chi connectivity index (χ0n) is 17.2. The fourth-order valence-electron chi connectivity index (χ4n) is 3.93. The summed E-state index contributed by atoms with van der Waals surface area (Å²) in [5.74, 6) is -0.233. The average molecular weight is 473 g/mol. The van der Waals surface area contributed by atoms with Crippen molar-refractivity contribution in [2.24, 2.45) is 0 Å². The van der Waals surface area contributed by atoms with Crippen LogP contribution in [0.3, 0.4) is 0 Å². The molecular weight excluding hydrogens is 459 g/mol. The van der Waals surface area contributed by atoms with Crippen LogP contribution in [0.4, 0.5) is 30.7 Å². The van der Waals surface area contributed by atoms with E-state index in [1.54, 1.807) is 20.8 Å². The van der Waals surface area contributed by atoms with E-state index in [-0.39, 0.29) is 33.4 Å². The first-order valence-electron chi connectivity index (χ1n) is 9.60. The van der Waals surface area contributed by atoms with E-state index < -0.39 is 40.9 Å². The van der Waals surface area contributed by atoms with Crippen molar-refractivity contribution in [3.63, 3.8) is 0 Å². The number of fused-ring (bicyclic) bond motifs is 6. The molecule has 174 valence electrons. The zero-order valence-corrected chi connectivity index (χ0v) is 17.2. The fourth-order valence-corrected chi connectivity index (χ4v) is 3.93. The fraction of sp³-hybridized carbons (Fsp3) is 0.333. The summed E-state index contributed by atoms with van der Waals surface area (Å²) in [7, 11) is 0. The van der Waals surface area contributed by atoms with Gasteiger partial charge in [-0.05, 0) is 24.3 Å². The van der Waals surface area contributed by atoms with Gasteiger partial charge in [-0.1, -0.05) is 20.8 Å². The molecule has 33 heavy (non-hydrogen) atoms. The van der Waals surface area contributed by atoms with Crippen LogP contribution in [0.25, 0.3) is 27.6 Å². The minimum Gasteiger partial charge on any atom is -0.406 e. The van der Waals surface area contributed by atoms with Crippen LogP contribution in [0.2, 0.25) is 0 Å². The van der Waals surface area contributed by atoms with Crippen LogP contribution in [0.5, 0.6) is 5.75 Å². The van der Waals surface area contributed by atoms with Gasteiger partial charge >= 0.3 is 18.6 Å². The lowest BCUT2D eigenvalue weighted by Gasteiger charge is -2.21. The van der Waals surface area contributed by atoms with Crippen molar-refractivity contribution >= 4 is 27.6 Å². The molecule has 0 aliphatic carbocycles. The number of benzene rings is 2. The van der Waals surface area contributed by atoms with E-state index in [1.165, 1.54) is 10.5 Å². The number of hydrogen-bond donors (Lipinski definition) is 0. The Balaban J connectivity index is 1.87. The Hall–Kier alpha value is -3.15. The van der Waals surface area contributed by atoms with Crippen LogP contribution in [-0.2, 0) is 22.4 Å². The number of rotatable bonds is 1. The lowest BCUT2D eigenvalue weighted by Crippen LogP contribution is -2.19. The average Bonchev–Trinajstić information content (AvgIpc) is 3.09. The third kappa shape index (κ3) is 3.35. The summed E-state index contributed by atoms with van der Waals surface area (Å²) < 4.78 is 103. The molecule has 0 fully saturated rings. The normalized spacial score (nSPS) is 17.8. The molecule has 1 aliphatic rings. The van der Waals surface area contributed by atoms with Gasteiger partial charge in [0.2, 0.25) is 0 Å². The largest absolute Gasteiger partial charge is 0.573 e. The van der Waals surface area contributed by atoms with Crippen molar-refractivity contribution in [1.82, 2.24) is 14.4 Å². The lowest BCUT2D eigenvalue weighted by atomic mass is 9.95. The molecule has 5 nitrogen and oxygen atoms in total. The van der Waals surface area contributed by atoms with E-state index in [0.29, 0.717) is 0 Å². The van der Waals surface area contributed by atoms with Gasteiger partial charge in [-0.25, -0.2) is 14.7 Å². The van der Waals surface area contributed by atoms with Crippen molar-refractivity contribution in [2.75, 3.05) is 0 Å². The van der Waals surface area contributed by atoms with Crippen LogP contribution < -0.4 is 4.74 Å². The lowest BCUT2D eigenvalue weighted by molar-refractivity contribution is -0.369. The molecule has 12 heteroatoms. The van der Waals surface area contributed by atoms with Gasteiger partial charge in [-0.15, -0.1) is 13.2 Å². The Morgan fingerprint density at radius 3 is 2.12 bits per heavy atom. The molecule has 3 heterocycles. The Morgan fingerprint density at radius 1 is 0.879 bits per heavy atom. The van der Waals surface area contributed by atoms with Crippen LogP contribution in [0, 0.1) is 0 Å². The Morgan fingerprint density at radius 2 is 1.52 bits per heavy atom. The maximum absolute atomic E-state index is 14.2. The van der Waals surface area contributed by atoms with Gasteiger partial charge in [0, 0.05) is 16.9 Å². The summed E-state index contributed by atoms with van der Waals surface area (Å²) in [6.45, 7) is 5.26. The maximum atomic E-state index is 14.2. The topological polar surface area (TPSA) is 48.7 Å². The summed E-state index contributed by atoms with van der Waals surface area (Å²) in [4.78, 5) is 8.79. The third-order valence-corrected chi connectivity index (χ3v) is 5.23. The molecule has 0 amide bonds. The van der Waals surface area contributed by atoms with E-state index in [1.807, 2.05) is 0 Å². The SMILES string of the molecule is CC(C)(C)c1nc2cc(OC(F)(F)F)ccc2c2nc3cc4c(cc3n12)C(F)(F)OC4(F)F. The smallest absolute Gasteiger partial charge is 0.406 e. The van der Waals surface area contributed by atoms with E-state index in [9.17, 15) is 30.7 Å². The van der Waals surface area contributed by atoms with Gasteiger partial charge in [-0.2, -0.15) is 17.6 Å². The van der Waals surface area contributed by atoms with Crippen molar-refractivity contribution in [1.29, 1.82) is 0 Å². The van der Waals surface area contributed by atoms with E-state index >= 15 is 0 Å². The minimum absolute atomic E-state index is 0.0230. The van der Waals surface area contributed by atoms with Crippen LogP contribution in [-0.4, -0.2) is 20.7 Å². The molecular formula is C21H14F7N3O2. The third-order valence-electron chi connectivity index (χ3n) is 5.23. The van der Waals surface area contributed by atoms with E-state index in [4.69, 9.17) is 0 Å². The number of hydrogen-bond acceptors (Lipinski definition) is 4. The molecule has 2 aromatic heterocycles. The van der Waals surface area contributed by atoms with Crippen molar-refractivity contribution in [3.8, 4) is 5.75 Å². The van der Waals surface area contributed by atoms with Gasteiger partial charge in [0.1, 0.15) is 17.2 Å². The van der Waals surface area contributed by atoms with Crippen LogP contribution >= 0.6 is 0 Å². The Bertz CT molecular complexity index is 1450. The molecule has 1 aliphatic heterocycles. The highest BCUT2D eigenvalue weighted by Crippen LogP contribution is 2.52. The highest BCUT2D eigenvalue weighted by Gasteiger charge is 2.57. The van der Waals surface area contributed by atoms with E-state index in [0.717, 1.165) is 24.3 Å². The molecule has 5 rings (SSSR count). The standard InChI is InChI=1S/C21H14F7N3O2/c1-18(2,3)17-30-13-6-9(32-21(26,27)28)4-5-10(13)16-29-14-7-11-12(8-15(14)31(16)17)20(24,25)33-19(11,22)23/h4-8H,1-3H3. The Labute approximate surface area is 180 Å². The predicted octanol–water partition coefficient (Wildman–Crippen LogP) is 6.36. The first-order chi connectivity index (χ1) is 15.1. The molecule has 0 atom stereocenters. The second-order valence-electron chi connectivity index (χ2n) is 8.71. The molecule has 0 radical (unpaired) electrons. The first kappa shape index (κ1) is 21.7. The van der Waals surface area contributed by atoms with Gasteiger partial charge < -0.3 is 4.74 Å². The predicted molar refractivity (Wildman–Crippen MR) is 102 cm³/mol. The highest BCUT2D eigenvalue weighted by molar-refractivity contribution is 5.97. The molecule has 0 saturated heterocycles. The number of alkyl halides is 7. The van der Waals surface area contributed by atoms with E-state index in [2.05, 4.69) is 19.4 Å². The molecule has 4 aromatic rings. The first-order valence-corrected chi connectivity index (χ1v) is 9.60. The van der Waals surface area contributed by atoms with Crippen molar-refractivity contribution in [2.45, 2.75) is 44.8 Å². The van der Waals surface area contributed by atoms with Gasteiger partial charge in [0.05, 0.1) is 27.7 Å². The molecule has 0 unspecified atom stereocenters. The van der Waals surface area contributed by atoms with Gasteiger partial charge in [-0.3, -0.25) is 4.40 Å². The molecule has 0 spiro atoms.